The van der Waals surface area contributed by atoms with Crippen LogP contribution in [-0.2, 0) is 16.1 Å². The topological polar surface area (TPSA) is 73.8 Å². The molecule has 6 nitrogen and oxygen atoms in total. The lowest BCUT2D eigenvalue weighted by molar-refractivity contribution is -0.140. The number of nitrogens with zero attached hydrogens (tertiary/aromatic N) is 2. The number of aliphatic imine (C=N–C) groups is 1. The summed E-state index contributed by atoms with van der Waals surface area (Å²) in [6.45, 7) is 1.41. The second-order valence-corrected chi connectivity index (χ2v) is 7.75. The lowest BCUT2D eigenvalue weighted by atomic mass is 9.85. The van der Waals surface area contributed by atoms with Gasteiger partial charge >= 0.3 is 0 Å². The molecule has 4 unspecified atom stereocenters. The van der Waals surface area contributed by atoms with Gasteiger partial charge in [0.2, 0.25) is 11.8 Å². The molecule has 1 aliphatic heterocycles. The van der Waals surface area contributed by atoms with Crippen LogP contribution in [0.15, 0.2) is 41.4 Å². The van der Waals surface area contributed by atoms with Crippen LogP contribution in [0, 0.1) is 23.7 Å². The molecule has 1 aromatic rings. The van der Waals surface area contributed by atoms with E-state index in [0.29, 0.717) is 30.6 Å². The molecule has 1 heterocycles. The van der Waals surface area contributed by atoms with Crippen molar-refractivity contribution in [2.45, 2.75) is 13.0 Å². The summed E-state index contributed by atoms with van der Waals surface area (Å²) >= 11 is 6.00. The highest BCUT2D eigenvalue weighted by Gasteiger charge is 2.58. The number of nitrogens with one attached hydrogen (secondary N) is 2. The average molecular weight is 387 g/mol. The smallest absolute Gasteiger partial charge is 0.233 e. The minimum absolute atomic E-state index is 0.00877. The molecular formula is C20H23ClN4O2. The lowest BCUT2D eigenvalue weighted by Gasteiger charge is -2.18. The molecule has 2 bridgehead atoms. The summed E-state index contributed by atoms with van der Waals surface area (Å²) < 4.78 is 0. The van der Waals surface area contributed by atoms with E-state index in [0.717, 1.165) is 12.0 Å². The van der Waals surface area contributed by atoms with Crippen molar-refractivity contribution >= 4 is 29.4 Å². The number of benzene rings is 1. The van der Waals surface area contributed by atoms with Crippen LogP contribution in [0.25, 0.3) is 0 Å². The van der Waals surface area contributed by atoms with Crippen LogP contribution in [0.2, 0.25) is 5.02 Å². The number of imide groups is 1. The van der Waals surface area contributed by atoms with Crippen molar-refractivity contribution in [2.75, 3.05) is 20.1 Å². The highest BCUT2D eigenvalue weighted by Crippen LogP contribution is 2.52. The Morgan fingerprint density at radius 2 is 1.89 bits per heavy atom. The standard InChI is InChI=1S/C20H23ClN4O2/c1-22-20(24-11-12-3-2-4-15(21)9-12)23-7-8-25-18(26)16-13-5-6-14(10-13)17(16)19(25)27/h2-6,9,13-14,16-17H,7-8,10-11H2,1H3,(H2,22,23,24). The van der Waals surface area contributed by atoms with Crippen LogP contribution < -0.4 is 10.6 Å². The third-order valence-electron chi connectivity index (χ3n) is 5.76. The number of likely N-dealkylation sites (tertiary alicyclic amines) is 1. The van der Waals surface area contributed by atoms with Gasteiger partial charge in [-0.1, -0.05) is 35.9 Å². The molecular weight excluding hydrogens is 364 g/mol. The zero-order valence-corrected chi connectivity index (χ0v) is 15.9. The number of guanidine groups is 1. The van der Waals surface area contributed by atoms with E-state index in [1.54, 1.807) is 7.05 Å². The minimum Gasteiger partial charge on any atom is -0.355 e. The molecule has 1 saturated heterocycles. The van der Waals surface area contributed by atoms with Crippen molar-refractivity contribution in [3.63, 3.8) is 0 Å². The summed E-state index contributed by atoms with van der Waals surface area (Å²) in [6.07, 6.45) is 5.18. The molecule has 0 aromatic heterocycles. The Bertz CT molecular complexity index is 792. The van der Waals surface area contributed by atoms with E-state index >= 15 is 0 Å². The maximum atomic E-state index is 12.7. The van der Waals surface area contributed by atoms with Crippen molar-refractivity contribution in [3.05, 3.63) is 47.0 Å². The predicted molar refractivity (Wildman–Crippen MR) is 104 cm³/mol. The lowest BCUT2D eigenvalue weighted by Crippen LogP contribution is -2.43. The second-order valence-electron chi connectivity index (χ2n) is 7.31. The third-order valence-corrected chi connectivity index (χ3v) is 6.00. The van der Waals surface area contributed by atoms with Crippen molar-refractivity contribution in [1.29, 1.82) is 0 Å². The molecule has 4 rings (SSSR count). The molecule has 142 valence electrons. The number of carbonyl (C=O) groups excluding carboxylic acids is 2. The molecule has 2 fully saturated rings. The number of allylic oxidation sites excluding steroid dienone is 2. The molecule has 1 saturated carbocycles. The van der Waals surface area contributed by atoms with Gasteiger partial charge in [0.05, 0.1) is 11.8 Å². The Kier molecular flexibility index (Phi) is 4.91. The SMILES string of the molecule is CN=C(NCCN1C(=O)C2C3C=CC(C3)C2C1=O)NCc1cccc(Cl)c1. The van der Waals surface area contributed by atoms with Crippen LogP contribution in [0.5, 0.6) is 0 Å². The van der Waals surface area contributed by atoms with Gasteiger partial charge in [-0.25, -0.2) is 0 Å². The number of rotatable bonds is 5. The average Bonchev–Trinajstić information content (AvgIpc) is 3.34. The summed E-state index contributed by atoms with van der Waals surface area (Å²) in [4.78, 5) is 30.9. The van der Waals surface area contributed by atoms with E-state index in [2.05, 4.69) is 27.8 Å². The largest absolute Gasteiger partial charge is 0.355 e. The van der Waals surface area contributed by atoms with Gasteiger partial charge in [-0.3, -0.25) is 19.5 Å². The molecule has 2 N–H and O–H groups in total. The third kappa shape index (κ3) is 3.34. The normalized spacial score (nSPS) is 28.8. The maximum absolute atomic E-state index is 12.7. The Labute approximate surface area is 163 Å². The van der Waals surface area contributed by atoms with Crippen LogP contribution in [0.4, 0.5) is 0 Å². The maximum Gasteiger partial charge on any atom is 0.233 e. The van der Waals surface area contributed by atoms with Crippen LogP contribution in [-0.4, -0.2) is 42.8 Å². The predicted octanol–water partition coefficient (Wildman–Crippen LogP) is 1.81. The Morgan fingerprint density at radius 1 is 1.19 bits per heavy atom. The first-order chi connectivity index (χ1) is 13.1. The molecule has 1 aromatic carbocycles. The highest BCUT2D eigenvalue weighted by molar-refractivity contribution is 6.30. The zero-order valence-electron chi connectivity index (χ0n) is 15.2. The molecule has 0 spiro atoms. The van der Waals surface area contributed by atoms with Crippen LogP contribution >= 0.6 is 11.6 Å². The van der Waals surface area contributed by atoms with Crippen LogP contribution in [0.3, 0.4) is 0 Å². The fraction of sp³-hybridized carbons (Fsp3) is 0.450. The van der Waals surface area contributed by atoms with E-state index in [1.807, 2.05) is 24.3 Å². The summed E-state index contributed by atoms with van der Waals surface area (Å²) in [5.74, 6) is 0.843. The number of fused-ring (bicyclic) bond motifs is 5. The molecule has 2 aliphatic carbocycles. The molecule has 0 radical (unpaired) electrons. The number of halogens is 1. The first kappa shape index (κ1) is 18.0. The monoisotopic (exact) mass is 386 g/mol. The van der Waals surface area contributed by atoms with Crippen molar-refractivity contribution < 1.29 is 9.59 Å². The fourth-order valence-electron chi connectivity index (χ4n) is 4.52. The Morgan fingerprint density at radius 3 is 2.52 bits per heavy atom. The number of hydrogen-bond donors (Lipinski definition) is 2. The number of carbonyl (C=O) groups is 2. The van der Waals surface area contributed by atoms with E-state index in [9.17, 15) is 9.59 Å². The van der Waals surface area contributed by atoms with Crippen molar-refractivity contribution in [1.82, 2.24) is 15.5 Å². The van der Waals surface area contributed by atoms with Gasteiger partial charge < -0.3 is 10.6 Å². The van der Waals surface area contributed by atoms with E-state index < -0.39 is 0 Å². The van der Waals surface area contributed by atoms with E-state index in [4.69, 9.17) is 11.6 Å². The Balaban J connectivity index is 1.28. The summed E-state index contributed by atoms with van der Waals surface area (Å²) in [7, 11) is 1.69. The number of hydrogen-bond acceptors (Lipinski definition) is 3. The van der Waals surface area contributed by atoms with Gasteiger partial charge in [0.15, 0.2) is 5.96 Å². The van der Waals surface area contributed by atoms with Gasteiger partial charge in [-0.2, -0.15) is 0 Å². The van der Waals surface area contributed by atoms with Gasteiger partial charge in [0.1, 0.15) is 0 Å². The summed E-state index contributed by atoms with van der Waals surface area (Å²) in [5.41, 5.74) is 1.05. The second kappa shape index (κ2) is 7.35. The minimum atomic E-state index is -0.132. The fourth-order valence-corrected chi connectivity index (χ4v) is 4.74. The Hall–Kier alpha value is -2.34. The quantitative estimate of drug-likeness (QED) is 0.350. The van der Waals surface area contributed by atoms with Gasteiger partial charge in [0.25, 0.3) is 0 Å². The number of amides is 2. The first-order valence-corrected chi connectivity index (χ1v) is 9.69. The van der Waals surface area contributed by atoms with E-state index in [-0.39, 0.29) is 35.5 Å². The van der Waals surface area contributed by atoms with Crippen molar-refractivity contribution in [3.8, 4) is 0 Å². The van der Waals surface area contributed by atoms with E-state index in [1.165, 1.54) is 4.90 Å². The molecule has 4 atom stereocenters. The summed E-state index contributed by atoms with van der Waals surface area (Å²) in [5, 5.41) is 7.07. The van der Waals surface area contributed by atoms with Gasteiger partial charge in [0, 0.05) is 31.7 Å². The molecule has 3 aliphatic rings. The molecule has 7 heteroatoms. The van der Waals surface area contributed by atoms with Crippen LogP contribution in [0.1, 0.15) is 12.0 Å². The van der Waals surface area contributed by atoms with Crippen molar-refractivity contribution in [2.24, 2.45) is 28.7 Å². The first-order valence-electron chi connectivity index (χ1n) is 9.31. The molecule has 27 heavy (non-hydrogen) atoms. The van der Waals surface area contributed by atoms with Gasteiger partial charge in [-0.05, 0) is 36.0 Å². The van der Waals surface area contributed by atoms with Gasteiger partial charge in [-0.15, -0.1) is 0 Å². The zero-order chi connectivity index (χ0) is 19.0. The summed E-state index contributed by atoms with van der Waals surface area (Å²) in [6, 6.07) is 7.61. The highest BCUT2D eigenvalue weighted by atomic mass is 35.5. The molecule has 2 amide bonds.